The number of aromatic nitrogens is 1. The molecule has 8 heteroatoms. The van der Waals surface area contributed by atoms with Crippen molar-refractivity contribution in [2.45, 2.75) is 38.9 Å². The number of rotatable bonds is 5. The zero-order valence-corrected chi connectivity index (χ0v) is 14.4. The first-order valence-corrected chi connectivity index (χ1v) is 9.18. The number of hydrogen-bond acceptors (Lipinski definition) is 6. The second-order valence-corrected chi connectivity index (χ2v) is 8.76. The van der Waals surface area contributed by atoms with Gasteiger partial charge < -0.3 is 14.0 Å². The van der Waals surface area contributed by atoms with Crippen LogP contribution in [0.5, 0.6) is 5.88 Å². The first-order valence-electron chi connectivity index (χ1n) is 7.12. The molecule has 0 atom stereocenters. The van der Waals surface area contributed by atoms with Crippen molar-refractivity contribution in [1.82, 2.24) is 4.98 Å². The highest BCUT2D eigenvalue weighted by Gasteiger charge is 2.51. The molecule has 22 heavy (non-hydrogen) atoms. The summed E-state index contributed by atoms with van der Waals surface area (Å²) in [6, 6.07) is 3.49. The summed E-state index contributed by atoms with van der Waals surface area (Å²) in [5.74, 6) is 0.345. The van der Waals surface area contributed by atoms with E-state index in [4.69, 9.17) is 14.0 Å². The molecule has 6 nitrogen and oxygen atoms in total. The second kappa shape index (κ2) is 5.83. The van der Waals surface area contributed by atoms with Crippen LogP contribution in [0.25, 0.3) is 0 Å². The monoisotopic (exact) mass is 327 g/mol. The Bertz CT molecular complexity index is 611. The number of nitrogens with zero attached hydrogens (tertiary/aromatic N) is 1. The third-order valence-corrected chi connectivity index (χ3v) is 4.90. The maximum atomic E-state index is 11.0. The smallest absolute Gasteiger partial charge is 0.477 e. The quantitative estimate of drug-likeness (QED) is 0.745. The minimum Gasteiger partial charge on any atom is -0.477 e. The van der Waals surface area contributed by atoms with E-state index in [0.717, 1.165) is 5.46 Å². The molecule has 0 saturated carbocycles. The molecular weight excluding hydrogens is 305 g/mol. The predicted octanol–water partition coefficient (Wildman–Crippen LogP) is 0.804. The molecule has 122 valence electrons. The molecule has 1 fully saturated rings. The van der Waals surface area contributed by atoms with Crippen molar-refractivity contribution in [3.05, 3.63) is 18.3 Å². The van der Waals surface area contributed by atoms with Crippen LogP contribution in [0.3, 0.4) is 0 Å². The van der Waals surface area contributed by atoms with Gasteiger partial charge in [-0.1, -0.05) is 6.07 Å². The lowest BCUT2D eigenvalue weighted by Crippen LogP contribution is -2.41. The molecule has 0 radical (unpaired) electrons. The van der Waals surface area contributed by atoms with Gasteiger partial charge in [-0.15, -0.1) is 0 Å². The largest absolute Gasteiger partial charge is 0.496 e. The lowest BCUT2D eigenvalue weighted by atomic mass is 9.80. The number of pyridine rings is 1. The summed E-state index contributed by atoms with van der Waals surface area (Å²) < 4.78 is 39.3. The van der Waals surface area contributed by atoms with E-state index in [1.165, 1.54) is 6.26 Å². The van der Waals surface area contributed by atoms with Crippen LogP contribution < -0.4 is 10.2 Å². The Morgan fingerprint density at radius 1 is 1.18 bits per heavy atom. The Labute approximate surface area is 132 Å². The van der Waals surface area contributed by atoms with Gasteiger partial charge in [0, 0.05) is 17.9 Å². The van der Waals surface area contributed by atoms with Crippen molar-refractivity contribution in [2.75, 3.05) is 18.6 Å². The maximum absolute atomic E-state index is 11.0. The molecule has 0 bridgehead atoms. The van der Waals surface area contributed by atoms with Crippen LogP contribution in [0.15, 0.2) is 18.3 Å². The highest BCUT2D eigenvalue weighted by Crippen LogP contribution is 2.36. The Hall–Kier alpha value is -1.12. The van der Waals surface area contributed by atoms with Gasteiger partial charge in [-0.25, -0.2) is 13.4 Å². The number of ether oxygens (including phenoxy) is 1. The molecule has 0 aliphatic carbocycles. The molecule has 1 aliphatic heterocycles. The third kappa shape index (κ3) is 4.00. The SMILES string of the molecule is CC1(C)OB(c2ccc(OCCS(C)(=O)=O)nc2)OC1(C)C. The minimum absolute atomic E-state index is 0.0341. The normalized spacial score (nSPS) is 20.1. The zero-order chi connectivity index (χ0) is 16.6. The molecule has 1 aliphatic rings. The Balaban J connectivity index is 1.98. The molecule has 1 aromatic heterocycles. The molecule has 0 amide bonds. The Morgan fingerprint density at radius 2 is 1.77 bits per heavy atom. The van der Waals surface area contributed by atoms with Gasteiger partial charge in [0.15, 0.2) is 9.84 Å². The molecule has 2 rings (SSSR count). The van der Waals surface area contributed by atoms with Crippen LogP contribution in [-0.2, 0) is 19.1 Å². The van der Waals surface area contributed by atoms with E-state index >= 15 is 0 Å². The van der Waals surface area contributed by atoms with Gasteiger partial charge in [0.2, 0.25) is 5.88 Å². The van der Waals surface area contributed by atoms with E-state index in [-0.39, 0.29) is 12.4 Å². The van der Waals surface area contributed by atoms with Crippen LogP contribution in [0.2, 0.25) is 0 Å². The highest BCUT2D eigenvalue weighted by molar-refractivity contribution is 7.90. The number of hydrogen-bond donors (Lipinski definition) is 0. The summed E-state index contributed by atoms with van der Waals surface area (Å²) in [7, 11) is -3.50. The zero-order valence-electron chi connectivity index (χ0n) is 13.6. The number of sulfone groups is 1. The van der Waals surface area contributed by atoms with Crippen LogP contribution in [-0.4, -0.2) is 50.3 Å². The molecule has 0 spiro atoms. The fraction of sp³-hybridized carbons (Fsp3) is 0.643. The van der Waals surface area contributed by atoms with E-state index in [0.29, 0.717) is 5.88 Å². The van der Waals surface area contributed by atoms with Crippen molar-refractivity contribution >= 4 is 22.4 Å². The van der Waals surface area contributed by atoms with Gasteiger partial charge in [0.05, 0.1) is 17.0 Å². The first kappa shape index (κ1) is 17.2. The summed E-state index contributed by atoms with van der Waals surface area (Å²) >= 11 is 0. The summed E-state index contributed by atoms with van der Waals surface area (Å²) in [6.07, 6.45) is 2.79. The molecule has 2 heterocycles. The molecular formula is C14H22BNO5S. The fourth-order valence-electron chi connectivity index (χ4n) is 1.89. The summed E-state index contributed by atoms with van der Waals surface area (Å²) in [4.78, 5) is 4.16. The molecule has 0 N–H and O–H groups in total. The van der Waals surface area contributed by atoms with Crippen molar-refractivity contribution < 1.29 is 22.5 Å². The molecule has 1 aromatic rings. The summed E-state index contributed by atoms with van der Waals surface area (Å²) in [6.45, 7) is 8.04. The Kier molecular flexibility index (Phi) is 4.57. The van der Waals surface area contributed by atoms with E-state index in [9.17, 15) is 8.42 Å². The third-order valence-electron chi connectivity index (χ3n) is 3.99. The van der Waals surface area contributed by atoms with Gasteiger partial charge in [-0.2, -0.15) is 0 Å². The van der Waals surface area contributed by atoms with E-state index < -0.39 is 28.2 Å². The van der Waals surface area contributed by atoms with Gasteiger partial charge in [-0.05, 0) is 33.8 Å². The van der Waals surface area contributed by atoms with Gasteiger partial charge in [0.25, 0.3) is 0 Å². The van der Waals surface area contributed by atoms with E-state index in [2.05, 4.69) is 4.98 Å². The predicted molar refractivity (Wildman–Crippen MR) is 85.2 cm³/mol. The molecule has 0 unspecified atom stereocenters. The highest BCUT2D eigenvalue weighted by atomic mass is 32.2. The standard InChI is InChI=1S/C14H22BNO5S/c1-13(2)14(3,4)21-15(20-13)11-6-7-12(16-10-11)19-8-9-22(5,17)18/h6-7,10H,8-9H2,1-5H3. The van der Waals surface area contributed by atoms with Crippen LogP contribution in [0.4, 0.5) is 0 Å². The van der Waals surface area contributed by atoms with Crippen LogP contribution >= 0.6 is 0 Å². The van der Waals surface area contributed by atoms with E-state index in [1.54, 1.807) is 12.3 Å². The maximum Gasteiger partial charge on any atom is 0.496 e. The topological polar surface area (TPSA) is 74.7 Å². The Morgan fingerprint density at radius 3 is 2.23 bits per heavy atom. The lowest BCUT2D eigenvalue weighted by molar-refractivity contribution is 0.00578. The average molecular weight is 327 g/mol. The van der Waals surface area contributed by atoms with Gasteiger partial charge >= 0.3 is 7.12 Å². The van der Waals surface area contributed by atoms with Crippen molar-refractivity contribution in [3.8, 4) is 5.88 Å². The summed E-state index contributed by atoms with van der Waals surface area (Å²) in [5.41, 5.74) is -0.000841. The average Bonchev–Trinajstić information content (AvgIpc) is 2.58. The molecule has 0 aromatic carbocycles. The van der Waals surface area contributed by atoms with Gasteiger partial charge in [0.1, 0.15) is 6.61 Å². The minimum atomic E-state index is -3.03. The first-order chi connectivity index (χ1) is 10.0. The molecule has 1 saturated heterocycles. The lowest BCUT2D eigenvalue weighted by Gasteiger charge is -2.32. The second-order valence-electron chi connectivity index (χ2n) is 6.50. The summed E-state index contributed by atoms with van der Waals surface area (Å²) in [5, 5.41) is 0. The van der Waals surface area contributed by atoms with Crippen molar-refractivity contribution in [3.63, 3.8) is 0 Å². The van der Waals surface area contributed by atoms with Crippen LogP contribution in [0.1, 0.15) is 27.7 Å². The van der Waals surface area contributed by atoms with Gasteiger partial charge in [-0.3, -0.25) is 0 Å². The van der Waals surface area contributed by atoms with E-state index in [1.807, 2.05) is 33.8 Å². The van der Waals surface area contributed by atoms with Crippen LogP contribution in [0, 0.1) is 0 Å². The van der Waals surface area contributed by atoms with Crippen molar-refractivity contribution in [2.24, 2.45) is 0 Å². The fourth-order valence-corrected chi connectivity index (χ4v) is 2.28. The van der Waals surface area contributed by atoms with Crippen molar-refractivity contribution in [1.29, 1.82) is 0 Å².